The van der Waals surface area contributed by atoms with Gasteiger partial charge in [-0.2, -0.15) is 5.01 Å². The van der Waals surface area contributed by atoms with Gasteiger partial charge in [0.15, 0.2) is 11.5 Å². The highest BCUT2D eigenvalue weighted by molar-refractivity contribution is 9.10. The average Bonchev–Trinajstić information content (AvgIpc) is 3.44. The second kappa shape index (κ2) is 12.0. The number of nitrogens with one attached hydrogen (secondary N) is 1. The van der Waals surface area contributed by atoms with Gasteiger partial charge < -0.3 is 9.84 Å². The Morgan fingerprint density at radius 2 is 1.73 bits per heavy atom. The number of phenols is 1. The minimum Gasteiger partial charge on any atom is -0.503 e. The molecule has 2 aliphatic heterocycles. The number of rotatable bonds is 7. The summed E-state index contributed by atoms with van der Waals surface area (Å²) < 4.78 is 19.7. The van der Waals surface area contributed by atoms with Crippen LogP contribution in [0.1, 0.15) is 43.2 Å². The Balaban J connectivity index is 1.48. The van der Waals surface area contributed by atoms with Crippen molar-refractivity contribution in [2.45, 2.75) is 37.5 Å². The number of methoxy groups -OCH3 is 1. The Labute approximate surface area is 289 Å². The van der Waals surface area contributed by atoms with Gasteiger partial charge in [0.1, 0.15) is 5.82 Å². The van der Waals surface area contributed by atoms with Crippen LogP contribution in [-0.2, 0) is 24.6 Å². The van der Waals surface area contributed by atoms with Crippen molar-refractivity contribution >= 4 is 56.8 Å². The number of halogens is 3. The standard InChI is InChI=1S/C36H32BrClFN3O6/c1-3-14-41-32(44)24-13-12-23-25(29(24)34(41)46)17-26-33(45)42(40-22-10-8-21(39)9-11-22)35(47)36(26,19-4-6-20(38)7-5-19)30(23)18-15-27(37)31(43)28(16-18)48-2/h4-12,15-16,24-26,29-30,40,43H,3,13-14,17H2,1-2H3/t24-,25+,26-,29-,30-,36+/m0/s1. The first-order valence-corrected chi connectivity index (χ1v) is 17.0. The molecule has 1 saturated carbocycles. The number of fused-ring (bicyclic) bond motifs is 4. The first-order chi connectivity index (χ1) is 23.0. The van der Waals surface area contributed by atoms with Crippen LogP contribution >= 0.6 is 27.5 Å². The van der Waals surface area contributed by atoms with E-state index in [1.54, 1.807) is 36.4 Å². The number of aromatic hydroxyl groups is 1. The van der Waals surface area contributed by atoms with Crippen LogP contribution in [0.25, 0.3) is 0 Å². The number of hydrogen-bond donors (Lipinski definition) is 2. The van der Waals surface area contributed by atoms with Gasteiger partial charge >= 0.3 is 0 Å². The molecule has 48 heavy (non-hydrogen) atoms. The Kier molecular flexibility index (Phi) is 8.10. The van der Waals surface area contributed by atoms with Crippen molar-refractivity contribution in [1.29, 1.82) is 0 Å². The van der Waals surface area contributed by atoms with Gasteiger partial charge in [0.05, 0.1) is 40.4 Å². The molecular formula is C36H32BrClFN3O6. The summed E-state index contributed by atoms with van der Waals surface area (Å²) in [5.41, 5.74) is 3.59. The Morgan fingerprint density at radius 1 is 1.02 bits per heavy atom. The summed E-state index contributed by atoms with van der Waals surface area (Å²) >= 11 is 9.78. The van der Waals surface area contributed by atoms with Crippen molar-refractivity contribution in [3.05, 3.63) is 98.8 Å². The van der Waals surface area contributed by atoms with E-state index in [1.807, 2.05) is 13.0 Å². The van der Waals surface area contributed by atoms with Crippen LogP contribution in [0.15, 0.2) is 76.8 Å². The third-order valence-electron chi connectivity index (χ3n) is 10.4. The first kappa shape index (κ1) is 32.3. The molecule has 3 fully saturated rings. The number of likely N-dealkylation sites (tertiary alicyclic amines) is 1. The van der Waals surface area contributed by atoms with Gasteiger partial charge in [-0.1, -0.05) is 42.3 Å². The van der Waals surface area contributed by atoms with Gasteiger partial charge in [-0.3, -0.25) is 29.5 Å². The van der Waals surface area contributed by atoms with Crippen LogP contribution in [0, 0.1) is 29.5 Å². The zero-order chi connectivity index (χ0) is 34.1. The normalized spacial score (nSPS) is 27.9. The maximum atomic E-state index is 15.2. The number of nitrogens with zero attached hydrogens (tertiary/aromatic N) is 2. The molecule has 2 heterocycles. The molecule has 3 aromatic carbocycles. The van der Waals surface area contributed by atoms with E-state index >= 15 is 4.79 Å². The van der Waals surface area contributed by atoms with Crippen LogP contribution in [0.5, 0.6) is 11.5 Å². The lowest BCUT2D eigenvalue weighted by Gasteiger charge is -2.50. The minimum atomic E-state index is -1.54. The molecule has 2 aliphatic carbocycles. The molecule has 0 spiro atoms. The van der Waals surface area contributed by atoms with Gasteiger partial charge in [-0.05, 0) is 101 Å². The lowest BCUT2D eigenvalue weighted by molar-refractivity contribution is -0.141. The Bertz CT molecular complexity index is 1890. The van der Waals surface area contributed by atoms with E-state index in [0.717, 1.165) is 10.6 Å². The van der Waals surface area contributed by atoms with E-state index in [4.69, 9.17) is 16.3 Å². The van der Waals surface area contributed by atoms with E-state index in [9.17, 15) is 23.9 Å². The molecule has 4 amide bonds. The van der Waals surface area contributed by atoms with Gasteiger partial charge in [0.25, 0.3) is 11.8 Å². The van der Waals surface area contributed by atoms with Crippen molar-refractivity contribution in [2.75, 3.05) is 19.1 Å². The van der Waals surface area contributed by atoms with Crippen molar-refractivity contribution in [3.8, 4) is 11.5 Å². The molecule has 0 bridgehead atoms. The minimum absolute atomic E-state index is 0.133. The molecule has 7 rings (SSSR count). The number of ether oxygens (including phenoxy) is 1. The molecular weight excluding hydrogens is 705 g/mol. The van der Waals surface area contributed by atoms with Crippen LogP contribution in [0.4, 0.5) is 10.1 Å². The molecule has 0 aromatic heterocycles. The summed E-state index contributed by atoms with van der Waals surface area (Å²) in [5.74, 6) is -5.59. The Hall–Kier alpha value is -4.22. The summed E-state index contributed by atoms with van der Waals surface area (Å²) in [5, 5.41) is 12.2. The summed E-state index contributed by atoms with van der Waals surface area (Å²) in [6.45, 7) is 2.22. The summed E-state index contributed by atoms with van der Waals surface area (Å²) in [6, 6.07) is 15.5. The van der Waals surface area contributed by atoms with Crippen LogP contribution in [0.2, 0.25) is 5.02 Å². The molecule has 2 saturated heterocycles. The quantitative estimate of drug-likeness (QED) is 0.215. The first-order valence-electron chi connectivity index (χ1n) is 15.8. The molecule has 248 valence electrons. The van der Waals surface area contributed by atoms with E-state index in [1.165, 1.54) is 36.3 Å². The SMILES string of the molecule is CCCN1C(=O)[C@H]2[C@H](CC=C3[C@H]2C[C@H]2C(=O)N(Nc4ccc(F)cc4)C(=O)[C@@]2(c2ccc(Cl)cc2)[C@H]3c2cc(Br)c(O)c(OC)c2)C1=O. The molecule has 6 atom stereocenters. The maximum absolute atomic E-state index is 15.2. The third kappa shape index (κ3) is 4.69. The van der Waals surface area contributed by atoms with E-state index < -0.39 is 52.6 Å². The lowest BCUT2D eigenvalue weighted by atomic mass is 9.49. The third-order valence-corrected chi connectivity index (χ3v) is 11.3. The van der Waals surface area contributed by atoms with E-state index in [2.05, 4.69) is 21.4 Å². The zero-order valence-corrected chi connectivity index (χ0v) is 28.4. The molecule has 0 radical (unpaired) electrons. The average molecular weight is 737 g/mol. The van der Waals surface area contributed by atoms with Gasteiger partial charge in [-0.15, -0.1) is 0 Å². The van der Waals surface area contributed by atoms with Gasteiger partial charge in [0, 0.05) is 17.5 Å². The molecule has 0 unspecified atom stereocenters. The number of benzene rings is 3. The summed E-state index contributed by atoms with van der Waals surface area (Å²) in [6.07, 6.45) is 3.01. The van der Waals surface area contributed by atoms with Crippen molar-refractivity contribution in [2.24, 2.45) is 23.7 Å². The number of anilines is 1. The Morgan fingerprint density at radius 3 is 2.40 bits per heavy atom. The largest absolute Gasteiger partial charge is 0.503 e. The van der Waals surface area contributed by atoms with Crippen LogP contribution < -0.4 is 10.2 Å². The van der Waals surface area contributed by atoms with Crippen molar-refractivity contribution in [1.82, 2.24) is 9.91 Å². The van der Waals surface area contributed by atoms with Crippen molar-refractivity contribution in [3.63, 3.8) is 0 Å². The zero-order valence-electron chi connectivity index (χ0n) is 26.1. The number of carbonyl (C=O) groups is 4. The van der Waals surface area contributed by atoms with Crippen LogP contribution in [-0.4, -0.2) is 52.3 Å². The predicted octanol–water partition coefficient (Wildman–Crippen LogP) is 6.35. The van der Waals surface area contributed by atoms with Gasteiger partial charge in [0.2, 0.25) is 11.8 Å². The number of phenolic OH excluding ortho intramolecular Hbond substituents is 1. The molecule has 3 aromatic rings. The number of hydrogen-bond acceptors (Lipinski definition) is 7. The topological polar surface area (TPSA) is 116 Å². The highest BCUT2D eigenvalue weighted by Crippen LogP contribution is 2.64. The number of hydrazine groups is 1. The van der Waals surface area contributed by atoms with E-state index in [-0.39, 0.29) is 29.7 Å². The number of imide groups is 2. The predicted molar refractivity (Wildman–Crippen MR) is 178 cm³/mol. The number of carbonyl (C=O) groups excluding carboxylic acids is 4. The smallest absolute Gasteiger partial charge is 0.260 e. The highest BCUT2D eigenvalue weighted by Gasteiger charge is 2.70. The molecule has 12 heteroatoms. The fourth-order valence-electron chi connectivity index (χ4n) is 8.46. The summed E-state index contributed by atoms with van der Waals surface area (Å²) in [4.78, 5) is 58.7. The van der Waals surface area contributed by atoms with E-state index in [0.29, 0.717) is 45.7 Å². The molecule has 9 nitrogen and oxygen atoms in total. The molecule has 2 N–H and O–H groups in total. The monoisotopic (exact) mass is 735 g/mol. The second-order valence-electron chi connectivity index (χ2n) is 12.8. The lowest BCUT2D eigenvalue weighted by Crippen LogP contribution is -2.53. The summed E-state index contributed by atoms with van der Waals surface area (Å²) in [7, 11) is 1.42. The maximum Gasteiger partial charge on any atom is 0.260 e. The number of allylic oxidation sites excluding steroid dienone is 2. The van der Waals surface area contributed by atoms with Gasteiger partial charge in [-0.25, -0.2) is 4.39 Å². The van der Waals surface area contributed by atoms with Crippen LogP contribution in [0.3, 0.4) is 0 Å². The fourth-order valence-corrected chi connectivity index (χ4v) is 9.04. The fraction of sp³-hybridized carbons (Fsp3) is 0.333. The molecule has 4 aliphatic rings. The highest BCUT2D eigenvalue weighted by atomic mass is 79.9. The second-order valence-corrected chi connectivity index (χ2v) is 14.0. The number of amides is 4. The van der Waals surface area contributed by atoms with Crippen molar-refractivity contribution < 1.29 is 33.4 Å².